The lowest BCUT2D eigenvalue weighted by Gasteiger charge is -2.21. The van der Waals surface area contributed by atoms with Gasteiger partial charge in [-0.15, -0.1) is 0 Å². The zero-order chi connectivity index (χ0) is 12.0. The predicted octanol–water partition coefficient (Wildman–Crippen LogP) is 0.446. The van der Waals surface area contributed by atoms with Crippen LogP contribution in [-0.4, -0.2) is 35.5 Å². The van der Waals surface area contributed by atoms with Gasteiger partial charge in [0.2, 0.25) is 0 Å². The molecule has 0 spiro atoms. The van der Waals surface area contributed by atoms with Gasteiger partial charge in [-0.25, -0.2) is 4.79 Å². The fraction of sp³-hybridized carbons (Fsp3) is 0.818. The van der Waals surface area contributed by atoms with E-state index in [0.29, 0.717) is 13.1 Å². The van der Waals surface area contributed by atoms with E-state index in [1.54, 1.807) is 13.8 Å². The first-order chi connectivity index (χ1) is 7.40. The molecule has 3 N–H and O–H groups in total. The standard InChI is InChI=1S/C11H19N3O2/c1-10(2)8(15)14(9(16)13-10)7-11(3-4-11)5-6-12/h3-7,12H2,1-2H3,(H,13,16). The largest absolute Gasteiger partial charge is 0.330 e. The third kappa shape index (κ3) is 1.80. The minimum Gasteiger partial charge on any atom is -0.330 e. The molecule has 2 fully saturated rings. The second-order valence-corrected chi connectivity index (χ2v) is 5.49. The van der Waals surface area contributed by atoms with Crippen LogP contribution < -0.4 is 11.1 Å². The molecule has 0 bridgehead atoms. The van der Waals surface area contributed by atoms with Gasteiger partial charge >= 0.3 is 6.03 Å². The molecule has 90 valence electrons. The minimum atomic E-state index is -0.754. The predicted molar refractivity (Wildman–Crippen MR) is 59.7 cm³/mol. The number of nitrogens with two attached hydrogens (primary N) is 1. The Bertz CT molecular complexity index is 334. The average molecular weight is 225 g/mol. The van der Waals surface area contributed by atoms with Gasteiger partial charge in [-0.1, -0.05) is 0 Å². The molecule has 5 heteroatoms. The van der Waals surface area contributed by atoms with Crippen molar-refractivity contribution in [3.05, 3.63) is 0 Å². The summed E-state index contributed by atoms with van der Waals surface area (Å²) >= 11 is 0. The Morgan fingerprint density at radius 1 is 1.38 bits per heavy atom. The maximum absolute atomic E-state index is 12.0. The van der Waals surface area contributed by atoms with E-state index < -0.39 is 5.54 Å². The minimum absolute atomic E-state index is 0.113. The number of hydrogen-bond donors (Lipinski definition) is 2. The number of carbonyl (C=O) groups excluding carboxylic acids is 2. The molecule has 1 saturated heterocycles. The van der Waals surface area contributed by atoms with Gasteiger partial charge in [0.15, 0.2) is 0 Å². The number of nitrogens with one attached hydrogen (secondary N) is 1. The van der Waals surface area contributed by atoms with E-state index in [4.69, 9.17) is 5.73 Å². The second kappa shape index (κ2) is 3.45. The number of rotatable bonds is 4. The summed E-state index contributed by atoms with van der Waals surface area (Å²) in [6, 6.07) is -0.265. The molecule has 2 rings (SSSR count). The SMILES string of the molecule is CC1(C)NC(=O)N(CC2(CCN)CC2)C1=O. The zero-order valence-corrected chi connectivity index (χ0v) is 9.88. The van der Waals surface area contributed by atoms with Gasteiger partial charge in [0.25, 0.3) is 5.91 Å². The number of nitrogens with zero attached hydrogens (tertiary/aromatic N) is 1. The Labute approximate surface area is 95.3 Å². The summed E-state index contributed by atoms with van der Waals surface area (Å²) in [6.45, 7) is 4.61. The molecular formula is C11H19N3O2. The van der Waals surface area contributed by atoms with Crippen molar-refractivity contribution in [3.63, 3.8) is 0 Å². The summed E-state index contributed by atoms with van der Waals surface area (Å²) in [4.78, 5) is 25.0. The summed E-state index contributed by atoms with van der Waals surface area (Å²) in [5.74, 6) is -0.124. The third-order valence-electron chi connectivity index (χ3n) is 3.57. The van der Waals surface area contributed by atoms with Gasteiger partial charge in [-0.2, -0.15) is 0 Å². The molecule has 2 aliphatic rings. The molecule has 1 aliphatic heterocycles. The molecule has 0 aromatic heterocycles. The fourth-order valence-corrected chi connectivity index (χ4v) is 2.27. The van der Waals surface area contributed by atoms with E-state index in [2.05, 4.69) is 5.32 Å². The Hall–Kier alpha value is -1.10. The van der Waals surface area contributed by atoms with E-state index in [1.807, 2.05) is 0 Å². The van der Waals surface area contributed by atoms with Crippen LogP contribution in [0.15, 0.2) is 0 Å². The maximum Gasteiger partial charge on any atom is 0.325 e. The van der Waals surface area contributed by atoms with Crippen molar-refractivity contribution in [2.24, 2.45) is 11.1 Å². The van der Waals surface area contributed by atoms with Gasteiger partial charge in [0.1, 0.15) is 5.54 Å². The number of urea groups is 1. The number of amides is 3. The first-order valence-corrected chi connectivity index (χ1v) is 5.74. The third-order valence-corrected chi connectivity index (χ3v) is 3.57. The van der Waals surface area contributed by atoms with Crippen molar-refractivity contribution in [1.82, 2.24) is 10.2 Å². The van der Waals surface area contributed by atoms with E-state index in [0.717, 1.165) is 19.3 Å². The summed E-state index contributed by atoms with van der Waals surface area (Å²) in [6.07, 6.45) is 3.04. The molecular weight excluding hydrogens is 206 g/mol. The maximum atomic E-state index is 12.0. The smallest absolute Gasteiger partial charge is 0.325 e. The molecule has 0 aromatic rings. The van der Waals surface area contributed by atoms with Crippen LogP contribution in [0, 0.1) is 5.41 Å². The Balaban J connectivity index is 2.06. The lowest BCUT2D eigenvalue weighted by molar-refractivity contribution is -0.130. The van der Waals surface area contributed by atoms with Crippen LogP contribution in [0.3, 0.4) is 0 Å². The summed E-state index contributed by atoms with van der Waals surface area (Å²) in [5, 5.41) is 2.69. The van der Waals surface area contributed by atoms with Gasteiger partial charge in [0.05, 0.1) is 0 Å². The van der Waals surface area contributed by atoms with Crippen molar-refractivity contribution < 1.29 is 9.59 Å². The van der Waals surface area contributed by atoms with Crippen LogP contribution in [0.25, 0.3) is 0 Å². The molecule has 1 heterocycles. The average Bonchev–Trinajstić information content (AvgIpc) is 2.89. The van der Waals surface area contributed by atoms with E-state index in [9.17, 15) is 9.59 Å². The summed E-state index contributed by atoms with van der Waals surface area (Å²) in [5.41, 5.74) is 4.91. The number of carbonyl (C=O) groups is 2. The normalized spacial score (nSPS) is 25.8. The second-order valence-electron chi connectivity index (χ2n) is 5.49. The molecule has 0 atom stereocenters. The number of hydrogen-bond acceptors (Lipinski definition) is 3. The molecule has 1 saturated carbocycles. The van der Waals surface area contributed by atoms with E-state index in [1.165, 1.54) is 4.90 Å². The van der Waals surface area contributed by atoms with Gasteiger partial charge in [-0.3, -0.25) is 9.69 Å². The van der Waals surface area contributed by atoms with Crippen LogP contribution in [0.2, 0.25) is 0 Å². The Kier molecular flexibility index (Phi) is 2.45. The van der Waals surface area contributed by atoms with Crippen molar-refractivity contribution in [1.29, 1.82) is 0 Å². The highest BCUT2D eigenvalue weighted by Crippen LogP contribution is 2.49. The van der Waals surface area contributed by atoms with Crippen LogP contribution in [0.1, 0.15) is 33.1 Å². The Morgan fingerprint density at radius 2 is 2.00 bits per heavy atom. The first kappa shape index (κ1) is 11.4. The van der Waals surface area contributed by atoms with E-state index in [-0.39, 0.29) is 17.4 Å². The van der Waals surface area contributed by atoms with E-state index >= 15 is 0 Å². The summed E-state index contributed by atoms with van der Waals surface area (Å²) in [7, 11) is 0. The lowest BCUT2D eigenvalue weighted by atomic mass is 10.0. The van der Waals surface area contributed by atoms with Gasteiger partial charge in [-0.05, 0) is 45.1 Å². The van der Waals surface area contributed by atoms with Gasteiger partial charge in [0, 0.05) is 6.54 Å². The molecule has 3 amide bonds. The van der Waals surface area contributed by atoms with Crippen LogP contribution >= 0.6 is 0 Å². The zero-order valence-electron chi connectivity index (χ0n) is 9.88. The monoisotopic (exact) mass is 225 g/mol. The first-order valence-electron chi connectivity index (χ1n) is 5.74. The Morgan fingerprint density at radius 3 is 2.38 bits per heavy atom. The van der Waals surface area contributed by atoms with Gasteiger partial charge < -0.3 is 11.1 Å². The topological polar surface area (TPSA) is 75.4 Å². The van der Waals surface area contributed by atoms with Crippen molar-refractivity contribution in [2.75, 3.05) is 13.1 Å². The quantitative estimate of drug-likeness (QED) is 0.682. The van der Waals surface area contributed by atoms with Crippen LogP contribution in [0.5, 0.6) is 0 Å². The fourth-order valence-electron chi connectivity index (χ4n) is 2.27. The van der Waals surface area contributed by atoms with Crippen molar-refractivity contribution in [2.45, 2.75) is 38.6 Å². The van der Waals surface area contributed by atoms with Crippen LogP contribution in [-0.2, 0) is 4.79 Å². The highest BCUT2D eigenvalue weighted by molar-refractivity contribution is 6.06. The number of imide groups is 1. The highest BCUT2D eigenvalue weighted by atomic mass is 16.2. The van der Waals surface area contributed by atoms with Crippen molar-refractivity contribution >= 4 is 11.9 Å². The van der Waals surface area contributed by atoms with Crippen molar-refractivity contribution in [3.8, 4) is 0 Å². The molecule has 0 radical (unpaired) electrons. The molecule has 5 nitrogen and oxygen atoms in total. The lowest BCUT2D eigenvalue weighted by Crippen LogP contribution is -2.41. The summed E-state index contributed by atoms with van der Waals surface area (Å²) < 4.78 is 0. The van der Waals surface area contributed by atoms with Crippen LogP contribution in [0.4, 0.5) is 4.79 Å². The molecule has 0 aromatic carbocycles. The molecule has 1 aliphatic carbocycles. The molecule has 0 unspecified atom stereocenters. The molecule has 16 heavy (non-hydrogen) atoms. The highest BCUT2D eigenvalue weighted by Gasteiger charge is 2.51.